The van der Waals surface area contributed by atoms with Crippen LogP contribution in [0.4, 0.5) is 0 Å². The summed E-state index contributed by atoms with van der Waals surface area (Å²) in [5, 5.41) is 6.14. The fraction of sp³-hybridized carbons (Fsp3) is 0.889. The largest absolute Gasteiger partial charge is 0.356 e. The first-order valence-electron chi connectivity index (χ1n) is 4.74. The molecule has 0 unspecified atom stereocenters. The van der Waals surface area contributed by atoms with Crippen molar-refractivity contribution in [3.8, 4) is 0 Å². The number of carbonyl (C=O) groups is 1. The van der Waals surface area contributed by atoms with Crippen LogP contribution in [0.15, 0.2) is 0 Å². The van der Waals surface area contributed by atoms with Gasteiger partial charge >= 0.3 is 0 Å². The summed E-state index contributed by atoms with van der Waals surface area (Å²) in [4.78, 5) is 11.5. The molecule has 1 saturated heterocycles. The van der Waals surface area contributed by atoms with Crippen LogP contribution in [-0.4, -0.2) is 25.5 Å². The highest BCUT2D eigenvalue weighted by Gasteiger charge is 2.28. The van der Waals surface area contributed by atoms with E-state index in [1.807, 2.05) is 0 Å². The van der Waals surface area contributed by atoms with Crippen molar-refractivity contribution in [2.75, 3.05) is 19.6 Å². The van der Waals surface area contributed by atoms with Crippen LogP contribution in [0.2, 0.25) is 0 Å². The molecule has 0 aliphatic carbocycles. The highest BCUT2D eigenvalue weighted by molar-refractivity contribution is 5.79. The van der Waals surface area contributed by atoms with E-state index in [9.17, 15) is 4.79 Å². The van der Waals surface area contributed by atoms with Crippen LogP contribution in [0.1, 0.15) is 20.3 Å². The Labute approximate surface area is 73.9 Å². The third kappa shape index (κ3) is 2.21. The summed E-state index contributed by atoms with van der Waals surface area (Å²) in [6.45, 7) is 6.82. The zero-order valence-corrected chi connectivity index (χ0v) is 7.89. The average molecular weight is 170 g/mol. The summed E-state index contributed by atoms with van der Waals surface area (Å²) in [7, 11) is 0. The Kier molecular flexibility index (Phi) is 3.53. The van der Waals surface area contributed by atoms with E-state index in [4.69, 9.17) is 0 Å². The predicted octanol–water partition coefficient (Wildman–Crippen LogP) is 0.368. The van der Waals surface area contributed by atoms with Crippen molar-refractivity contribution in [2.45, 2.75) is 20.3 Å². The summed E-state index contributed by atoms with van der Waals surface area (Å²) in [6, 6.07) is 0. The molecular formula is C9H18N2O. The normalized spacial score (nSPS) is 28.8. The van der Waals surface area contributed by atoms with E-state index < -0.39 is 0 Å². The maximum absolute atomic E-state index is 11.5. The van der Waals surface area contributed by atoms with Gasteiger partial charge in [0.2, 0.25) is 5.91 Å². The second-order valence-electron chi connectivity index (χ2n) is 3.53. The predicted molar refractivity (Wildman–Crippen MR) is 48.8 cm³/mol. The number of rotatable bonds is 3. The van der Waals surface area contributed by atoms with E-state index in [1.54, 1.807) is 0 Å². The highest BCUT2D eigenvalue weighted by Crippen LogP contribution is 2.15. The van der Waals surface area contributed by atoms with Crippen molar-refractivity contribution in [3.63, 3.8) is 0 Å². The van der Waals surface area contributed by atoms with Crippen LogP contribution >= 0.6 is 0 Å². The third-order valence-corrected chi connectivity index (χ3v) is 2.40. The van der Waals surface area contributed by atoms with Crippen molar-refractivity contribution in [1.29, 1.82) is 0 Å². The highest BCUT2D eigenvalue weighted by atomic mass is 16.1. The second-order valence-corrected chi connectivity index (χ2v) is 3.53. The summed E-state index contributed by atoms with van der Waals surface area (Å²) in [5.74, 6) is 0.896. The molecule has 0 spiro atoms. The molecule has 12 heavy (non-hydrogen) atoms. The molecule has 2 atom stereocenters. The molecule has 1 heterocycles. The van der Waals surface area contributed by atoms with Gasteiger partial charge in [-0.15, -0.1) is 0 Å². The van der Waals surface area contributed by atoms with Gasteiger partial charge in [-0.1, -0.05) is 13.8 Å². The quantitative estimate of drug-likeness (QED) is 0.642. The molecule has 3 nitrogen and oxygen atoms in total. The van der Waals surface area contributed by atoms with Gasteiger partial charge in [0.25, 0.3) is 0 Å². The molecule has 1 amide bonds. The molecule has 0 aromatic carbocycles. The van der Waals surface area contributed by atoms with Crippen LogP contribution in [0.25, 0.3) is 0 Å². The Morgan fingerprint density at radius 1 is 1.58 bits per heavy atom. The molecule has 0 radical (unpaired) electrons. The fourth-order valence-electron chi connectivity index (χ4n) is 1.54. The minimum Gasteiger partial charge on any atom is -0.356 e. The van der Waals surface area contributed by atoms with Gasteiger partial charge < -0.3 is 10.6 Å². The van der Waals surface area contributed by atoms with Gasteiger partial charge in [-0.2, -0.15) is 0 Å². The molecule has 0 saturated carbocycles. The van der Waals surface area contributed by atoms with E-state index in [1.165, 1.54) is 0 Å². The Hall–Kier alpha value is -0.570. The Morgan fingerprint density at radius 3 is 2.83 bits per heavy atom. The van der Waals surface area contributed by atoms with E-state index in [-0.39, 0.29) is 11.8 Å². The molecule has 2 N–H and O–H groups in total. The number of hydrogen-bond acceptors (Lipinski definition) is 2. The maximum atomic E-state index is 11.5. The van der Waals surface area contributed by atoms with Crippen LogP contribution in [0.3, 0.4) is 0 Å². The van der Waals surface area contributed by atoms with Gasteiger partial charge in [0.15, 0.2) is 0 Å². The van der Waals surface area contributed by atoms with E-state index in [0.717, 1.165) is 26.1 Å². The van der Waals surface area contributed by atoms with Crippen molar-refractivity contribution in [1.82, 2.24) is 10.6 Å². The van der Waals surface area contributed by atoms with Crippen LogP contribution in [0, 0.1) is 11.8 Å². The summed E-state index contributed by atoms with van der Waals surface area (Å²) < 4.78 is 0. The van der Waals surface area contributed by atoms with Crippen molar-refractivity contribution in [3.05, 3.63) is 0 Å². The van der Waals surface area contributed by atoms with Gasteiger partial charge in [-0.25, -0.2) is 0 Å². The number of hydrogen-bond donors (Lipinski definition) is 2. The molecule has 0 aromatic rings. The van der Waals surface area contributed by atoms with Crippen molar-refractivity contribution >= 4 is 5.91 Å². The minimum absolute atomic E-state index is 0.191. The molecule has 70 valence electrons. The zero-order valence-electron chi connectivity index (χ0n) is 7.89. The molecular weight excluding hydrogens is 152 g/mol. The Morgan fingerprint density at radius 2 is 2.33 bits per heavy atom. The van der Waals surface area contributed by atoms with Gasteiger partial charge in [-0.05, 0) is 18.9 Å². The first kappa shape index (κ1) is 9.52. The molecule has 1 aliphatic rings. The lowest BCUT2D eigenvalue weighted by Crippen LogP contribution is -2.34. The van der Waals surface area contributed by atoms with Gasteiger partial charge in [-0.3, -0.25) is 4.79 Å². The van der Waals surface area contributed by atoms with E-state index in [2.05, 4.69) is 24.5 Å². The third-order valence-electron chi connectivity index (χ3n) is 2.40. The van der Waals surface area contributed by atoms with E-state index in [0.29, 0.717) is 5.92 Å². The number of carbonyl (C=O) groups excluding carboxylic acids is 1. The zero-order chi connectivity index (χ0) is 8.97. The maximum Gasteiger partial charge on any atom is 0.224 e. The van der Waals surface area contributed by atoms with Crippen molar-refractivity contribution in [2.24, 2.45) is 11.8 Å². The second kappa shape index (κ2) is 4.45. The van der Waals surface area contributed by atoms with Crippen LogP contribution in [0.5, 0.6) is 0 Å². The van der Waals surface area contributed by atoms with Crippen LogP contribution in [-0.2, 0) is 4.79 Å². The molecule has 1 aliphatic heterocycles. The lowest BCUT2D eigenvalue weighted by Gasteiger charge is -2.13. The molecule has 3 heteroatoms. The lowest BCUT2D eigenvalue weighted by molar-refractivity contribution is -0.125. The topological polar surface area (TPSA) is 41.1 Å². The first-order valence-corrected chi connectivity index (χ1v) is 4.74. The summed E-state index contributed by atoms with van der Waals surface area (Å²) >= 11 is 0. The monoisotopic (exact) mass is 170 g/mol. The molecule has 1 rings (SSSR count). The molecule has 0 aromatic heterocycles. The fourth-order valence-corrected chi connectivity index (χ4v) is 1.54. The molecule has 1 fully saturated rings. The minimum atomic E-state index is 0.191. The van der Waals surface area contributed by atoms with Crippen LogP contribution < -0.4 is 10.6 Å². The average Bonchev–Trinajstić information content (AvgIpc) is 2.47. The Balaban J connectivity index is 2.30. The first-order chi connectivity index (χ1) is 5.75. The Bertz CT molecular complexity index is 159. The summed E-state index contributed by atoms with van der Waals surface area (Å²) in [5.41, 5.74) is 0. The van der Waals surface area contributed by atoms with Gasteiger partial charge in [0.05, 0.1) is 5.92 Å². The number of amides is 1. The lowest BCUT2D eigenvalue weighted by atomic mass is 9.97. The molecule has 0 bridgehead atoms. The standard InChI is InChI=1S/C9H18N2O/c1-3-4-11-9(12)8-6-10-5-7(8)2/h7-8,10H,3-6H2,1-2H3,(H,11,12)/t7-,8-/m1/s1. The number of nitrogens with one attached hydrogen (secondary N) is 2. The SMILES string of the molecule is CCCNC(=O)[C@@H]1CNC[C@H]1C. The van der Waals surface area contributed by atoms with Gasteiger partial charge in [0.1, 0.15) is 0 Å². The van der Waals surface area contributed by atoms with E-state index >= 15 is 0 Å². The van der Waals surface area contributed by atoms with Crippen molar-refractivity contribution < 1.29 is 4.79 Å². The van der Waals surface area contributed by atoms with Gasteiger partial charge in [0, 0.05) is 13.1 Å². The smallest absolute Gasteiger partial charge is 0.224 e. The summed E-state index contributed by atoms with van der Waals surface area (Å²) in [6.07, 6.45) is 1.01.